The number of rotatable bonds is 6. The first kappa shape index (κ1) is 15.4. The maximum atomic E-state index is 12.0. The van der Waals surface area contributed by atoms with Gasteiger partial charge in [-0.3, -0.25) is 4.79 Å². The zero-order valence-corrected chi connectivity index (χ0v) is 13.1. The van der Waals surface area contributed by atoms with E-state index >= 15 is 0 Å². The van der Waals surface area contributed by atoms with Gasteiger partial charge in [-0.25, -0.2) is 4.98 Å². The van der Waals surface area contributed by atoms with Gasteiger partial charge in [0.25, 0.3) is 0 Å². The van der Waals surface area contributed by atoms with Crippen molar-refractivity contribution in [2.75, 3.05) is 19.8 Å². The topological polar surface area (TPSA) is 60.5 Å². The van der Waals surface area contributed by atoms with Crippen LogP contribution in [0.25, 0.3) is 0 Å². The molecule has 1 aliphatic heterocycles. The lowest BCUT2D eigenvalue weighted by molar-refractivity contribution is -0.122. The Bertz CT molecular complexity index is 455. The highest BCUT2D eigenvalue weighted by Crippen LogP contribution is 2.22. The molecule has 112 valence electrons. The first-order valence-electron chi connectivity index (χ1n) is 6.97. The standard InChI is InChI=1S/C14H22N2O3S/c1-4-19-10(2)13-15-11(8-20-13)7-12(17)16-14(3)5-6-18-9-14/h8,10H,4-7,9H2,1-3H3,(H,16,17)/t10-,14+/m0/s1. The Hall–Kier alpha value is -0.980. The molecule has 0 bridgehead atoms. The van der Waals surface area contributed by atoms with Crippen molar-refractivity contribution >= 4 is 17.2 Å². The van der Waals surface area contributed by atoms with Crippen LogP contribution in [-0.2, 0) is 20.7 Å². The van der Waals surface area contributed by atoms with Crippen LogP contribution in [-0.4, -0.2) is 36.3 Å². The number of hydrogen-bond donors (Lipinski definition) is 1. The van der Waals surface area contributed by atoms with Crippen LogP contribution >= 0.6 is 11.3 Å². The molecule has 1 aromatic rings. The summed E-state index contributed by atoms with van der Waals surface area (Å²) in [6.07, 6.45) is 1.16. The third kappa shape index (κ3) is 4.01. The molecule has 1 aromatic heterocycles. The van der Waals surface area contributed by atoms with Gasteiger partial charge in [-0.2, -0.15) is 0 Å². The number of nitrogens with zero attached hydrogens (tertiary/aromatic N) is 1. The molecule has 0 saturated carbocycles. The first-order valence-corrected chi connectivity index (χ1v) is 7.85. The number of thiazole rings is 1. The van der Waals surface area contributed by atoms with Crippen LogP contribution in [0.1, 0.15) is 44.0 Å². The molecule has 1 amide bonds. The Morgan fingerprint density at radius 1 is 1.70 bits per heavy atom. The lowest BCUT2D eigenvalue weighted by Crippen LogP contribution is -2.47. The van der Waals surface area contributed by atoms with Crippen LogP contribution in [0.15, 0.2) is 5.38 Å². The van der Waals surface area contributed by atoms with Gasteiger partial charge < -0.3 is 14.8 Å². The van der Waals surface area contributed by atoms with Crippen LogP contribution < -0.4 is 5.32 Å². The van der Waals surface area contributed by atoms with E-state index in [0.717, 1.165) is 17.1 Å². The third-order valence-corrected chi connectivity index (χ3v) is 4.39. The highest BCUT2D eigenvalue weighted by atomic mass is 32.1. The fraction of sp³-hybridized carbons (Fsp3) is 0.714. The Balaban J connectivity index is 1.88. The van der Waals surface area contributed by atoms with Gasteiger partial charge >= 0.3 is 0 Å². The van der Waals surface area contributed by atoms with Gasteiger partial charge in [-0.15, -0.1) is 11.3 Å². The number of hydrogen-bond acceptors (Lipinski definition) is 5. The van der Waals surface area contributed by atoms with Crippen molar-refractivity contribution < 1.29 is 14.3 Å². The largest absolute Gasteiger partial charge is 0.379 e. The Morgan fingerprint density at radius 3 is 3.15 bits per heavy atom. The summed E-state index contributed by atoms with van der Waals surface area (Å²) in [6, 6.07) is 0. The summed E-state index contributed by atoms with van der Waals surface area (Å²) >= 11 is 1.54. The van der Waals surface area contributed by atoms with Crippen molar-refractivity contribution in [2.24, 2.45) is 0 Å². The van der Waals surface area contributed by atoms with E-state index in [2.05, 4.69) is 10.3 Å². The molecule has 1 saturated heterocycles. The summed E-state index contributed by atoms with van der Waals surface area (Å²) in [4.78, 5) is 16.5. The van der Waals surface area contributed by atoms with Crippen molar-refractivity contribution in [1.82, 2.24) is 10.3 Å². The van der Waals surface area contributed by atoms with E-state index in [1.807, 2.05) is 26.2 Å². The monoisotopic (exact) mass is 298 g/mol. The maximum absolute atomic E-state index is 12.0. The zero-order valence-electron chi connectivity index (χ0n) is 12.3. The quantitative estimate of drug-likeness (QED) is 0.873. The van der Waals surface area contributed by atoms with E-state index < -0.39 is 0 Å². The minimum atomic E-state index is -0.228. The van der Waals surface area contributed by atoms with Crippen LogP contribution in [0.3, 0.4) is 0 Å². The average molecular weight is 298 g/mol. The molecular formula is C14H22N2O3S. The number of ether oxygens (including phenoxy) is 2. The average Bonchev–Trinajstić information content (AvgIpc) is 2.99. The van der Waals surface area contributed by atoms with Crippen LogP contribution in [0.5, 0.6) is 0 Å². The van der Waals surface area contributed by atoms with E-state index in [0.29, 0.717) is 26.2 Å². The highest BCUT2D eigenvalue weighted by molar-refractivity contribution is 7.09. The van der Waals surface area contributed by atoms with Crippen LogP contribution in [0, 0.1) is 0 Å². The van der Waals surface area contributed by atoms with Crippen molar-refractivity contribution in [3.8, 4) is 0 Å². The van der Waals surface area contributed by atoms with E-state index in [4.69, 9.17) is 9.47 Å². The first-order chi connectivity index (χ1) is 9.52. The molecule has 0 aliphatic carbocycles. The molecule has 5 nitrogen and oxygen atoms in total. The number of amides is 1. The fourth-order valence-electron chi connectivity index (χ4n) is 2.22. The molecular weight excluding hydrogens is 276 g/mol. The lowest BCUT2D eigenvalue weighted by atomic mass is 10.0. The molecule has 2 rings (SSSR count). The normalized spacial score (nSPS) is 23.8. The van der Waals surface area contributed by atoms with Gasteiger partial charge in [-0.1, -0.05) is 0 Å². The number of carbonyl (C=O) groups is 1. The second kappa shape index (κ2) is 6.65. The van der Waals surface area contributed by atoms with Gasteiger partial charge in [0.05, 0.1) is 24.3 Å². The van der Waals surface area contributed by atoms with E-state index in [1.165, 1.54) is 0 Å². The van der Waals surface area contributed by atoms with Crippen molar-refractivity contribution in [2.45, 2.75) is 45.3 Å². The smallest absolute Gasteiger partial charge is 0.226 e. The summed E-state index contributed by atoms with van der Waals surface area (Å²) < 4.78 is 10.8. The minimum absolute atomic E-state index is 0.00101. The molecule has 1 fully saturated rings. The molecule has 0 radical (unpaired) electrons. The Labute approximate surface area is 123 Å². The third-order valence-electron chi connectivity index (χ3n) is 3.34. The molecule has 0 spiro atoms. The molecule has 1 aliphatic rings. The molecule has 20 heavy (non-hydrogen) atoms. The second-order valence-electron chi connectivity index (χ2n) is 5.36. The van der Waals surface area contributed by atoms with Gasteiger partial charge in [0.2, 0.25) is 5.91 Å². The van der Waals surface area contributed by atoms with Crippen LogP contribution in [0.2, 0.25) is 0 Å². The predicted octanol–water partition coefficient (Wildman–Crippen LogP) is 2.08. The van der Waals surface area contributed by atoms with E-state index in [-0.39, 0.29) is 17.6 Å². The van der Waals surface area contributed by atoms with E-state index in [9.17, 15) is 4.79 Å². The molecule has 2 atom stereocenters. The van der Waals surface area contributed by atoms with E-state index in [1.54, 1.807) is 11.3 Å². The molecule has 0 unspecified atom stereocenters. The van der Waals surface area contributed by atoms with Gasteiger partial charge in [0.15, 0.2) is 0 Å². The minimum Gasteiger partial charge on any atom is -0.379 e. The summed E-state index contributed by atoms with van der Waals surface area (Å²) in [7, 11) is 0. The van der Waals surface area contributed by atoms with Crippen LogP contribution in [0.4, 0.5) is 0 Å². The second-order valence-corrected chi connectivity index (χ2v) is 6.25. The molecule has 2 heterocycles. The predicted molar refractivity (Wildman–Crippen MR) is 77.8 cm³/mol. The molecule has 6 heteroatoms. The number of carbonyl (C=O) groups excluding carboxylic acids is 1. The summed E-state index contributed by atoms with van der Waals surface area (Å²) in [6.45, 7) is 7.91. The van der Waals surface area contributed by atoms with Crippen molar-refractivity contribution in [1.29, 1.82) is 0 Å². The Morgan fingerprint density at radius 2 is 2.50 bits per heavy atom. The van der Waals surface area contributed by atoms with Gasteiger partial charge in [0.1, 0.15) is 11.1 Å². The van der Waals surface area contributed by atoms with Crippen molar-refractivity contribution in [3.05, 3.63) is 16.1 Å². The van der Waals surface area contributed by atoms with Gasteiger partial charge in [-0.05, 0) is 27.2 Å². The lowest BCUT2D eigenvalue weighted by Gasteiger charge is -2.23. The SMILES string of the molecule is CCO[C@@H](C)c1nc(CC(=O)N[C@]2(C)CCOC2)cs1. The highest BCUT2D eigenvalue weighted by Gasteiger charge is 2.31. The number of nitrogens with one attached hydrogen (secondary N) is 1. The fourth-order valence-corrected chi connectivity index (χ4v) is 3.05. The summed E-state index contributed by atoms with van der Waals surface area (Å²) in [5, 5.41) is 5.89. The molecule has 1 N–H and O–H groups in total. The van der Waals surface area contributed by atoms with Gasteiger partial charge in [0, 0.05) is 18.6 Å². The maximum Gasteiger partial charge on any atom is 0.226 e. The zero-order chi connectivity index (χ0) is 14.6. The molecule has 0 aromatic carbocycles. The number of aromatic nitrogens is 1. The summed E-state index contributed by atoms with van der Waals surface area (Å²) in [5.74, 6) is -0.00101. The van der Waals surface area contributed by atoms with Crippen molar-refractivity contribution in [3.63, 3.8) is 0 Å². The Kier molecular flexibility index (Phi) is 5.12. The summed E-state index contributed by atoms with van der Waals surface area (Å²) in [5.41, 5.74) is 0.575.